The standard InChI is InChI=1S/C18H31N3OS/c1-5-19-17(21-15-18(2,3)23-4)20-13-9-10-14-22-16-11-7-6-8-12-16/h6-8,11-12H,5,9-10,13-15H2,1-4H3,(H2,19,20,21). The van der Waals surface area contributed by atoms with E-state index in [-0.39, 0.29) is 4.75 Å². The average Bonchev–Trinajstić information content (AvgIpc) is 2.56. The molecule has 23 heavy (non-hydrogen) atoms. The van der Waals surface area contributed by atoms with Crippen molar-refractivity contribution in [2.24, 2.45) is 4.99 Å². The van der Waals surface area contributed by atoms with E-state index in [0.29, 0.717) is 0 Å². The molecule has 5 heteroatoms. The van der Waals surface area contributed by atoms with Gasteiger partial charge in [-0.1, -0.05) is 18.2 Å². The van der Waals surface area contributed by atoms with E-state index in [1.165, 1.54) is 0 Å². The van der Waals surface area contributed by atoms with Crippen molar-refractivity contribution in [2.45, 2.75) is 38.4 Å². The van der Waals surface area contributed by atoms with Gasteiger partial charge in [-0.15, -0.1) is 0 Å². The van der Waals surface area contributed by atoms with Crippen molar-refractivity contribution in [1.82, 2.24) is 10.6 Å². The summed E-state index contributed by atoms with van der Waals surface area (Å²) in [6.07, 6.45) is 4.21. The van der Waals surface area contributed by atoms with E-state index in [1.54, 1.807) is 0 Å². The van der Waals surface area contributed by atoms with Gasteiger partial charge in [0.2, 0.25) is 0 Å². The van der Waals surface area contributed by atoms with E-state index in [1.807, 2.05) is 42.1 Å². The number of guanidine groups is 1. The van der Waals surface area contributed by atoms with Gasteiger partial charge in [0, 0.05) is 17.8 Å². The Balaban J connectivity index is 2.21. The molecule has 0 bridgehead atoms. The maximum absolute atomic E-state index is 5.69. The van der Waals surface area contributed by atoms with Crippen molar-refractivity contribution in [1.29, 1.82) is 0 Å². The van der Waals surface area contributed by atoms with Crippen molar-refractivity contribution in [3.8, 4) is 5.75 Å². The molecule has 0 spiro atoms. The fraction of sp³-hybridized carbons (Fsp3) is 0.611. The van der Waals surface area contributed by atoms with Gasteiger partial charge in [0.1, 0.15) is 5.75 Å². The quantitative estimate of drug-likeness (QED) is 0.389. The molecule has 0 heterocycles. The molecule has 0 saturated heterocycles. The van der Waals surface area contributed by atoms with Crippen molar-refractivity contribution in [3.05, 3.63) is 30.3 Å². The third-order valence-corrected chi connectivity index (χ3v) is 4.62. The van der Waals surface area contributed by atoms with Crippen LogP contribution in [0.15, 0.2) is 35.3 Å². The summed E-state index contributed by atoms with van der Waals surface area (Å²) in [6.45, 7) is 9.85. The SMILES string of the molecule is CCNC(=NCC(C)(C)SC)NCCCCOc1ccccc1. The van der Waals surface area contributed by atoms with Gasteiger partial charge in [-0.05, 0) is 52.0 Å². The molecule has 0 aliphatic rings. The van der Waals surface area contributed by atoms with E-state index in [0.717, 1.165) is 50.8 Å². The third kappa shape index (κ3) is 9.39. The van der Waals surface area contributed by atoms with Crippen molar-refractivity contribution >= 4 is 17.7 Å². The van der Waals surface area contributed by atoms with Gasteiger partial charge in [-0.25, -0.2) is 0 Å². The Bertz CT molecular complexity index is 449. The Kier molecular flexibility index (Phi) is 9.60. The summed E-state index contributed by atoms with van der Waals surface area (Å²) in [6, 6.07) is 9.96. The number of unbranched alkanes of at least 4 members (excludes halogenated alkanes) is 1. The van der Waals surface area contributed by atoms with Gasteiger partial charge in [-0.3, -0.25) is 4.99 Å². The lowest BCUT2D eigenvalue weighted by molar-refractivity contribution is 0.307. The van der Waals surface area contributed by atoms with Gasteiger partial charge in [-0.2, -0.15) is 11.8 Å². The number of hydrogen-bond donors (Lipinski definition) is 2. The van der Waals surface area contributed by atoms with Crippen LogP contribution in [0.3, 0.4) is 0 Å². The first kappa shape index (κ1) is 19.7. The fourth-order valence-electron chi connectivity index (χ4n) is 1.82. The highest BCUT2D eigenvalue weighted by Crippen LogP contribution is 2.20. The van der Waals surface area contributed by atoms with Gasteiger partial charge in [0.25, 0.3) is 0 Å². The number of ether oxygens (including phenoxy) is 1. The van der Waals surface area contributed by atoms with E-state index >= 15 is 0 Å². The Morgan fingerprint density at radius 1 is 1.17 bits per heavy atom. The molecule has 1 aromatic rings. The van der Waals surface area contributed by atoms with Gasteiger partial charge < -0.3 is 15.4 Å². The average molecular weight is 338 g/mol. The molecule has 4 nitrogen and oxygen atoms in total. The highest BCUT2D eigenvalue weighted by atomic mass is 32.2. The number of thioether (sulfide) groups is 1. The topological polar surface area (TPSA) is 45.7 Å². The molecule has 0 fully saturated rings. The number of nitrogens with one attached hydrogen (secondary N) is 2. The first-order valence-electron chi connectivity index (χ1n) is 8.32. The molecule has 2 N–H and O–H groups in total. The highest BCUT2D eigenvalue weighted by Gasteiger charge is 2.15. The van der Waals surface area contributed by atoms with Crippen LogP contribution in [-0.4, -0.2) is 43.2 Å². The summed E-state index contributed by atoms with van der Waals surface area (Å²) in [5, 5.41) is 6.68. The monoisotopic (exact) mass is 337 g/mol. The first-order valence-corrected chi connectivity index (χ1v) is 9.55. The summed E-state index contributed by atoms with van der Waals surface area (Å²) in [5.41, 5.74) is 0. The van der Waals surface area contributed by atoms with Crippen LogP contribution in [0.5, 0.6) is 5.75 Å². The lowest BCUT2D eigenvalue weighted by Crippen LogP contribution is -2.39. The summed E-state index contributed by atoms with van der Waals surface area (Å²) in [7, 11) is 0. The molecule has 1 aromatic carbocycles. The Morgan fingerprint density at radius 2 is 1.91 bits per heavy atom. The normalized spacial score (nSPS) is 12.1. The molecule has 0 aliphatic carbocycles. The smallest absolute Gasteiger partial charge is 0.191 e. The van der Waals surface area contributed by atoms with Crippen LogP contribution >= 0.6 is 11.8 Å². The van der Waals surface area contributed by atoms with Crippen LogP contribution in [0.4, 0.5) is 0 Å². The zero-order valence-electron chi connectivity index (χ0n) is 14.9. The number of benzene rings is 1. The van der Waals surface area contributed by atoms with Crippen molar-refractivity contribution in [2.75, 3.05) is 32.5 Å². The molecule has 0 radical (unpaired) electrons. The minimum Gasteiger partial charge on any atom is -0.494 e. The van der Waals surface area contributed by atoms with Crippen molar-refractivity contribution < 1.29 is 4.74 Å². The van der Waals surface area contributed by atoms with Crippen LogP contribution in [0, 0.1) is 0 Å². The lowest BCUT2D eigenvalue weighted by atomic mass is 10.2. The van der Waals surface area contributed by atoms with Crippen LogP contribution in [-0.2, 0) is 0 Å². The van der Waals surface area contributed by atoms with Crippen LogP contribution in [0.25, 0.3) is 0 Å². The number of hydrogen-bond acceptors (Lipinski definition) is 3. The molecule has 0 saturated carbocycles. The Labute approximate surface area is 145 Å². The number of aliphatic imine (C=N–C) groups is 1. The number of nitrogens with zero attached hydrogens (tertiary/aromatic N) is 1. The van der Waals surface area contributed by atoms with Crippen LogP contribution < -0.4 is 15.4 Å². The molecule has 1 rings (SSSR count). The predicted octanol–water partition coefficient (Wildman–Crippen LogP) is 3.54. The third-order valence-electron chi connectivity index (χ3n) is 3.39. The molecule has 0 amide bonds. The maximum atomic E-state index is 5.69. The molecule has 0 aliphatic heterocycles. The Hall–Kier alpha value is -1.36. The van der Waals surface area contributed by atoms with E-state index < -0.39 is 0 Å². The second-order valence-electron chi connectivity index (χ2n) is 5.95. The minimum absolute atomic E-state index is 0.172. The summed E-state index contributed by atoms with van der Waals surface area (Å²) in [4.78, 5) is 4.66. The van der Waals surface area contributed by atoms with E-state index in [9.17, 15) is 0 Å². The minimum atomic E-state index is 0.172. The predicted molar refractivity (Wildman–Crippen MR) is 103 cm³/mol. The fourth-order valence-corrected chi connectivity index (χ4v) is 2.01. The molecule has 0 atom stereocenters. The van der Waals surface area contributed by atoms with Crippen molar-refractivity contribution in [3.63, 3.8) is 0 Å². The van der Waals surface area contributed by atoms with Gasteiger partial charge in [0.15, 0.2) is 5.96 Å². The number of rotatable bonds is 10. The van der Waals surface area contributed by atoms with E-state index in [4.69, 9.17) is 4.74 Å². The molecule has 0 aromatic heterocycles. The zero-order valence-corrected chi connectivity index (χ0v) is 15.7. The first-order chi connectivity index (χ1) is 11.1. The largest absolute Gasteiger partial charge is 0.494 e. The molecule has 0 unspecified atom stereocenters. The molecular formula is C18H31N3OS. The zero-order chi connectivity index (χ0) is 17.0. The second-order valence-corrected chi connectivity index (χ2v) is 7.47. The maximum Gasteiger partial charge on any atom is 0.191 e. The molecular weight excluding hydrogens is 306 g/mol. The van der Waals surface area contributed by atoms with Gasteiger partial charge in [0.05, 0.1) is 13.2 Å². The van der Waals surface area contributed by atoms with Crippen LogP contribution in [0.2, 0.25) is 0 Å². The van der Waals surface area contributed by atoms with Gasteiger partial charge >= 0.3 is 0 Å². The van der Waals surface area contributed by atoms with Crippen LogP contribution in [0.1, 0.15) is 33.6 Å². The van der Waals surface area contributed by atoms with E-state index in [2.05, 4.69) is 42.7 Å². The second kappa shape index (κ2) is 11.2. The highest BCUT2D eigenvalue weighted by molar-refractivity contribution is 7.99. The molecule has 130 valence electrons. The summed E-state index contributed by atoms with van der Waals surface area (Å²) >= 11 is 1.84. The Morgan fingerprint density at radius 3 is 2.57 bits per heavy atom. The number of para-hydroxylation sites is 1. The summed E-state index contributed by atoms with van der Waals surface area (Å²) in [5.74, 6) is 1.84. The summed E-state index contributed by atoms with van der Waals surface area (Å²) < 4.78 is 5.86. The lowest BCUT2D eigenvalue weighted by Gasteiger charge is -2.20.